The van der Waals surface area contributed by atoms with Gasteiger partial charge >= 0.3 is 0 Å². The number of nitrogens with one attached hydrogen (secondary N) is 1. The molecule has 5 nitrogen and oxygen atoms in total. The average Bonchev–Trinajstić information content (AvgIpc) is 3.02. The van der Waals surface area contributed by atoms with Crippen LogP contribution in [0.1, 0.15) is 12.8 Å². The Balaban J connectivity index is 1.78. The molecule has 1 aliphatic rings. The van der Waals surface area contributed by atoms with Gasteiger partial charge in [0.1, 0.15) is 0 Å². The van der Waals surface area contributed by atoms with Crippen molar-refractivity contribution in [1.82, 2.24) is 4.98 Å². The molecule has 1 unspecified atom stereocenters. The second-order valence-electron chi connectivity index (χ2n) is 4.79. The Kier molecular flexibility index (Phi) is 4.21. The molecule has 0 amide bonds. The molecule has 0 spiro atoms. The molecule has 1 fully saturated rings. The lowest BCUT2D eigenvalue weighted by atomic mass is 10.2. The van der Waals surface area contributed by atoms with Crippen molar-refractivity contribution < 1.29 is 14.2 Å². The summed E-state index contributed by atoms with van der Waals surface area (Å²) in [6.45, 7) is 0.751. The monoisotopic (exact) mass is 286 g/mol. The first kappa shape index (κ1) is 13.7. The summed E-state index contributed by atoms with van der Waals surface area (Å²) in [4.78, 5) is 4.08. The minimum absolute atomic E-state index is 0.187. The number of hydrogen-bond donors (Lipinski definition) is 1. The van der Waals surface area contributed by atoms with Gasteiger partial charge < -0.3 is 19.5 Å². The Hall–Kier alpha value is -2.27. The van der Waals surface area contributed by atoms with Gasteiger partial charge in [-0.15, -0.1) is 0 Å². The molecule has 1 aromatic heterocycles. The number of anilines is 2. The lowest BCUT2D eigenvalue weighted by Crippen LogP contribution is -2.14. The van der Waals surface area contributed by atoms with Gasteiger partial charge in [0.25, 0.3) is 0 Å². The average molecular weight is 286 g/mol. The van der Waals surface area contributed by atoms with Crippen molar-refractivity contribution in [3.8, 4) is 11.5 Å². The molecule has 2 heterocycles. The van der Waals surface area contributed by atoms with Crippen LogP contribution in [-0.2, 0) is 4.74 Å². The van der Waals surface area contributed by atoms with Gasteiger partial charge in [-0.3, -0.25) is 4.98 Å². The van der Waals surface area contributed by atoms with Gasteiger partial charge in [0, 0.05) is 24.4 Å². The number of pyridine rings is 1. The molecule has 0 bridgehead atoms. The summed E-state index contributed by atoms with van der Waals surface area (Å²) in [6.07, 6.45) is 5.26. The summed E-state index contributed by atoms with van der Waals surface area (Å²) < 4.78 is 16.7. The lowest BCUT2D eigenvalue weighted by molar-refractivity contribution is -0.0402. The van der Waals surface area contributed by atoms with Crippen LogP contribution in [0, 0.1) is 0 Å². The van der Waals surface area contributed by atoms with E-state index in [4.69, 9.17) is 14.2 Å². The largest absolute Gasteiger partial charge is 0.493 e. The second kappa shape index (κ2) is 6.45. The zero-order valence-electron chi connectivity index (χ0n) is 11.9. The van der Waals surface area contributed by atoms with Crippen molar-refractivity contribution in [2.75, 3.05) is 19.0 Å². The van der Waals surface area contributed by atoms with Crippen LogP contribution in [0.15, 0.2) is 42.7 Å². The molecule has 5 heteroatoms. The molecule has 1 aromatic carbocycles. The third-order valence-corrected chi connectivity index (χ3v) is 3.26. The summed E-state index contributed by atoms with van der Waals surface area (Å²) in [6, 6.07) is 9.57. The first-order valence-corrected chi connectivity index (χ1v) is 6.98. The molecule has 21 heavy (non-hydrogen) atoms. The third-order valence-electron chi connectivity index (χ3n) is 3.26. The molecule has 0 radical (unpaired) electrons. The Morgan fingerprint density at radius 2 is 2.19 bits per heavy atom. The zero-order valence-corrected chi connectivity index (χ0v) is 11.9. The maximum Gasteiger partial charge on any atom is 0.200 e. The highest BCUT2D eigenvalue weighted by Crippen LogP contribution is 2.33. The summed E-state index contributed by atoms with van der Waals surface area (Å²) in [5.41, 5.74) is 1.84. The first-order valence-electron chi connectivity index (χ1n) is 6.98. The van der Waals surface area contributed by atoms with Gasteiger partial charge in [-0.1, -0.05) is 0 Å². The Labute approximate surface area is 123 Å². The van der Waals surface area contributed by atoms with Crippen LogP contribution >= 0.6 is 0 Å². The number of rotatable bonds is 5. The predicted octanol–water partition coefficient (Wildman–Crippen LogP) is 3.35. The van der Waals surface area contributed by atoms with E-state index in [2.05, 4.69) is 10.3 Å². The van der Waals surface area contributed by atoms with Crippen LogP contribution in [0.3, 0.4) is 0 Å². The van der Waals surface area contributed by atoms with Crippen molar-refractivity contribution in [3.63, 3.8) is 0 Å². The molecule has 1 atom stereocenters. The SMILES string of the molecule is COc1ccc(Nc2cccnc2)cc1OC1CCCO1. The molecule has 0 aliphatic carbocycles. The molecular weight excluding hydrogens is 268 g/mol. The van der Waals surface area contributed by atoms with E-state index in [-0.39, 0.29) is 6.29 Å². The van der Waals surface area contributed by atoms with E-state index in [1.165, 1.54) is 0 Å². The van der Waals surface area contributed by atoms with Crippen molar-refractivity contribution >= 4 is 11.4 Å². The number of benzene rings is 1. The third kappa shape index (κ3) is 3.44. The predicted molar refractivity (Wildman–Crippen MR) is 80.1 cm³/mol. The highest BCUT2D eigenvalue weighted by atomic mass is 16.7. The molecule has 0 saturated carbocycles. The van der Waals surface area contributed by atoms with E-state index in [0.29, 0.717) is 11.5 Å². The summed E-state index contributed by atoms with van der Waals surface area (Å²) in [5.74, 6) is 1.38. The number of hydrogen-bond acceptors (Lipinski definition) is 5. The topological polar surface area (TPSA) is 52.6 Å². The normalized spacial score (nSPS) is 17.5. The van der Waals surface area contributed by atoms with Gasteiger partial charge in [-0.05, 0) is 30.7 Å². The van der Waals surface area contributed by atoms with Crippen molar-refractivity contribution in [3.05, 3.63) is 42.7 Å². The molecule has 110 valence electrons. The Bertz CT molecular complexity index is 583. The Morgan fingerprint density at radius 1 is 1.24 bits per heavy atom. The van der Waals surface area contributed by atoms with E-state index in [0.717, 1.165) is 30.8 Å². The minimum Gasteiger partial charge on any atom is -0.493 e. The van der Waals surface area contributed by atoms with Crippen LogP contribution in [0.25, 0.3) is 0 Å². The lowest BCUT2D eigenvalue weighted by Gasteiger charge is -2.17. The van der Waals surface area contributed by atoms with Crippen LogP contribution < -0.4 is 14.8 Å². The maximum absolute atomic E-state index is 5.87. The summed E-state index contributed by atoms with van der Waals surface area (Å²) >= 11 is 0. The zero-order chi connectivity index (χ0) is 14.5. The smallest absolute Gasteiger partial charge is 0.200 e. The van der Waals surface area contributed by atoms with Crippen molar-refractivity contribution in [2.45, 2.75) is 19.1 Å². The van der Waals surface area contributed by atoms with E-state index < -0.39 is 0 Å². The van der Waals surface area contributed by atoms with Gasteiger partial charge in [-0.2, -0.15) is 0 Å². The van der Waals surface area contributed by atoms with Crippen molar-refractivity contribution in [1.29, 1.82) is 0 Å². The van der Waals surface area contributed by atoms with Crippen LogP contribution in [0.4, 0.5) is 11.4 Å². The molecule has 1 saturated heterocycles. The number of ether oxygens (including phenoxy) is 3. The second-order valence-corrected chi connectivity index (χ2v) is 4.79. The molecular formula is C16H18N2O3. The maximum atomic E-state index is 5.87. The van der Waals surface area contributed by atoms with E-state index in [9.17, 15) is 0 Å². The summed E-state index contributed by atoms with van der Waals surface area (Å²) in [5, 5.41) is 3.28. The number of aromatic nitrogens is 1. The molecule has 1 aliphatic heterocycles. The minimum atomic E-state index is -0.187. The first-order chi connectivity index (χ1) is 10.3. The number of methoxy groups -OCH3 is 1. The molecule has 3 rings (SSSR count). The summed E-state index contributed by atoms with van der Waals surface area (Å²) in [7, 11) is 1.63. The van der Waals surface area contributed by atoms with Gasteiger partial charge in [0.2, 0.25) is 0 Å². The van der Waals surface area contributed by atoms with E-state index in [1.807, 2.05) is 30.3 Å². The van der Waals surface area contributed by atoms with Crippen LogP contribution in [0.2, 0.25) is 0 Å². The Morgan fingerprint density at radius 3 is 2.90 bits per heavy atom. The number of nitrogens with zero attached hydrogens (tertiary/aromatic N) is 1. The van der Waals surface area contributed by atoms with Crippen LogP contribution in [-0.4, -0.2) is 25.0 Å². The highest BCUT2D eigenvalue weighted by Gasteiger charge is 2.19. The fourth-order valence-electron chi connectivity index (χ4n) is 2.23. The van der Waals surface area contributed by atoms with E-state index >= 15 is 0 Å². The standard InChI is InChI=1S/C16H18N2O3/c1-19-14-7-6-12(18-13-4-2-8-17-11-13)10-15(14)21-16-5-3-9-20-16/h2,4,6-8,10-11,16,18H,3,5,9H2,1H3. The van der Waals surface area contributed by atoms with Crippen molar-refractivity contribution in [2.24, 2.45) is 0 Å². The van der Waals surface area contributed by atoms with E-state index in [1.54, 1.807) is 19.5 Å². The quantitative estimate of drug-likeness (QED) is 0.913. The van der Waals surface area contributed by atoms with Crippen LogP contribution in [0.5, 0.6) is 11.5 Å². The van der Waals surface area contributed by atoms with Gasteiger partial charge in [0.05, 0.1) is 25.6 Å². The molecule has 2 aromatic rings. The van der Waals surface area contributed by atoms with Gasteiger partial charge in [0.15, 0.2) is 17.8 Å². The fourth-order valence-corrected chi connectivity index (χ4v) is 2.23. The molecule has 1 N–H and O–H groups in total. The highest BCUT2D eigenvalue weighted by molar-refractivity contribution is 5.62. The van der Waals surface area contributed by atoms with Gasteiger partial charge in [-0.25, -0.2) is 0 Å². The fraction of sp³-hybridized carbons (Fsp3) is 0.312.